The number of rotatable bonds is 10. The molecule has 0 aromatic carbocycles. The van der Waals surface area contributed by atoms with Crippen molar-refractivity contribution in [1.82, 2.24) is 0 Å². The molecule has 17 N–H and O–H groups in total. The number of nitrogens with two attached hydrogens (primary N) is 6. The SMILES string of the molecule is CCC1OC(OC2[C@H](O[C@H]3OC(CN)[C@@H](O)[C@H](O)C3N)C(N)C[C@@H](N)[C@H]2C)[C@@H](O)[C@H]1OC[C@H]1O[C@@H](CN)[C@@H](O)C(O)C1N. The van der Waals surface area contributed by atoms with E-state index in [0.29, 0.717) is 12.8 Å². The van der Waals surface area contributed by atoms with Gasteiger partial charge in [0.25, 0.3) is 0 Å². The number of hydrogen-bond acceptors (Lipinski definition) is 17. The van der Waals surface area contributed by atoms with E-state index in [1.54, 1.807) is 0 Å². The minimum atomic E-state index is -1.35. The van der Waals surface area contributed by atoms with Crippen LogP contribution in [0.15, 0.2) is 0 Å². The summed E-state index contributed by atoms with van der Waals surface area (Å²) in [7, 11) is 0. The van der Waals surface area contributed by atoms with Crippen LogP contribution in [0.5, 0.6) is 0 Å². The molecule has 8 unspecified atom stereocenters. The normalized spacial score (nSPS) is 52.8. The van der Waals surface area contributed by atoms with Crippen molar-refractivity contribution in [2.45, 2.75) is 137 Å². The highest BCUT2D eigenvalue weighted by atomic mass is 16.7. The first-order valence-electron chi connectivity index (χ1n) is 15.1. The van der Waals surface area contributed by atoms with Gasteiger partial charge in [-0.1, -0.05) is 13.8 Å². The molecule has 4 fully saturated rings. The van der Waals surface area contributed by atoms with E-state index in [2.05, 4.69) is 0 Å². The molecule has 0 amide bonds. The summed E-state index contributed by atoms with van der Waals surface area (Å²) in [5.41, 5.74) is 36.4. The van der Waals surface area contributed by atoms with Gasteiger partial charge in [-0.05, 0) is 12.8 Å². The Morgan fingerprint density at radius 1 is 0.628 bits per heavy atom. The molecule has 252 valence electrons. The van der Waals surface area contributed by atoms with Crippen LogP contribution >= 0.6 is 0 Å². The number of aliphatic hydroxyl groups is 5. The van der Waals surface area contributed by atoms with Crippen molar-refractivity contribution in [2.24, 2.45) is 40.3 Å². The fourth-order valence-corrected chi connectivity index (χ4v) is 6.38. The fraction of sp³-hybridized carbons (Fsp3) is 1.00. The Kier molecular flexibility index (Phi) is 12.1. The Hall–Kier alpha value is -0.680. The van der Waals surface area contributed by atoms with E-state index in [-0.39, 0.29) is 31.7 Å². The third-order valence-electron chi connectivity index (χ3n) is 9.33. The van der Waals surface area contributed by atoms with Crippen molar-refractivity contribution in [3.05, 3.63) is 0 Å². The maximum absolute atomic E-state index is 11.3. The topological polar surface area (TPSA) is 313 Å². The van der Waals surface area contributed by atoms with E-state index in [0.717, 1.165) is 0 Å². The molecule has 3 heterocycles. The van der Waals surface area contributed by atoms with Gasteiger partial charge in [0.2, 0.25) is 0 Å². The lowest BCUT2D eigenvalue weighted by atomic mass is 9.79. The summed E-state index contributed by atoms with van der Waals surface area (Å²) in [4.78, 5) is 0. The van der Waals surface area contributed by atoms with Gasteiger partial charge in [-0.2, -0.15) is 0 Å². The molecule has 3 saturated heterocycles. The van der Waals surface area contributed by atoms with Gasteiger partial charge in [0, 0.05) is 31.1 Å². The molecular weight excluding hydrogens is 572 g/mol. The zero-order valence-corrected chi connectivity index (χ0v) is 24.7. The van der Waals surface area contributed by atoms with Gasteiger partial charge in [0.15, 0.2) is 12.6 Å². The minimum absolute atomic E-state index is 0.0274. The fourth-order valence-electron chi connectivity index (χ4n) is 6.38. The van der Waals surface area contributed by atoms with Crippen LogP contribution < -0.4 is 34.4 Å². The molecule has 0 spiro atoms. The molecule has 1 saturated carbocycles. The van der Waals surface area contributed by atoms with Gasteiger partial charge in [-0.3, -0.25) is 0 Å². The molecule has 19 atom stereocenters. The summed E-state index contributed by atoms with van der Waals surface area (Å²) in [6.45, 7) is 3.52. The summed E-state index contributed by atoms with van der Waals surface area (Å²) in [6.07, 6.45) is -13.4. The van der Waals surface area contributed by atoms with Crippen LogP contribution in [0.3, 0.4) is 0 Å². The second-order valence-corrected chi connectivity index (χ2v) is 12.2. The molecule has 17 nitrogen and oxygen atoms in total. The molecule has 0 aromatic heterocycles. The summed E-state index contributed by atoms with van der Waals surface area (Å²) < 4.78 is 36.2. The van der Waals surface area contributed by atoms with Crippen molar-refractivity contribution >= 4 is 0 Å². The van der Waals surface area contributed by atoms with Crippen LogP contribution in [0.1, 0.15) is 26.7 Å². The monoisotopic (exact) mass is 624 g/mol. The van der Waals surface area contributed by atoms with Gasteiger partial charge in [0.05, 0.1) is 43.1 Å². The Bertz CT molecular complexity index is 881. The predicted molar refractivity (Wildman–Crippen MR) is 150 cm³/mol. The Morgan fingerprint density at radius 2 is 1.19 bits per heavy atom. The molecular formula is C26H52N6O11. The molecule has 0 bridgehead atoms. The first-order chi connectivity index (χ1) is 20.3. The number of hydrogen-bond donors (Lipinski definition) is 11. The maximum atomic E-state index is 11.3. The molecule has 0 aromatic rings. The highest BCUT2D eigenvalue weighted by Crippen LogP contribution is 2.36. The lowest BCUT2D eigenvalue weighted by Gasteiger charge is -2.47. The van der Waals surface area contributed by atoms with Crippen molar-refractivity contribution in [3.8, 4) is 0 Å². The second kappa shape index (κ2) is 14.8. The van der Waals surface area contributed by atoms with Gasteiger partial charge in [-0.15, -0.1) is 0 Å². The third-order valence-corrected chi connectivity index (χ3v) is 9.33. The molecule has 1 aliphatic carbocycles. The van der Waals surface area contributed by atoms with E-state index < -0.39 is 104 Å². The number of ether oxygens (including phenoxy) is 6. The maximum Gasteiger partial charge on any atom is 0.186 e. The van der Waals surface area contributed by atoms with E-state index in [9.17, 15) is 25.5 Å². The molecule has 4 rings (SSSR count). The predicted octanol–water partition coefficient (Wildman–Crippen LogP) is -6.16. The van der Waals surface area contributed by atoms with Crippen molar-refractivity contribution in [2.75, 3.05) is 19.7 Å². The molecule has 4 aliphatic rings. The zero-order chi connectivity index (χ0) is 31.7. The summed E-state index contributed by atoms with van der Waals surface area (Å²) in [5.74, 6) is -0.309. The Labute approximate surface area is 251 Å². The summed E-state index contributed by atoms with van der Waals surface area (Å²) >= 11 is 0. The van der Waals surface area contributed by atoms with Gasteiger partial charge >= 0.3 is 0 Å². The van der Waals surface area contributed by atoms with E-state index >= 15 is 0 Å². The first-order valence-corrected chi connectivity index (χ1v) is 15.1. The van der Waals surface area contributed by atoms with E-state index in [1.165, 1.54) is 0 Å². The second-order valence-electron chi connectivity index (χ2n) is 12.2. The van der Waals surface area contributed by atoms with Crippen LogP contribution in [0.25, 0.3) is 0 Å². The standard InChI is InChI=1S/C26H52N6O11/c1-3-11-24(38-7-14-15(31)19(35)17(33)12(5-27)39-14)21(37)26(40-11)42-22-8(2)9(29)4-10(30)23(22)43-25-16(32)20(36)18(34)13(6-28)41-25/h8-26,33-37H,3-7,27-32H2,1-2H3/t8-,9-,10?,11?,12+,13?,14-,15?,16?,17-,18-,19?,20-,21+,22?,23-,24+,25-,26?/m1/s1. The van der Waals surface area contributed by atoms with Crippen molar-refractivity contribution in [1.29, 1.82) is 0 Å². The third kappa shape index (κ3) is 7.18. The van der Waals surface area contributed by atoms with E-state index in [1.807, 2.05) is 13.8 Å². The van der Waals surface area contributed by atoms with E-state index in [4.69, 9.17) is 62.8 Å². The minimum Gasteiger partial charge on any atom is -0.389 e. The Morgan fingerprint density at radius 3 is 1.79 bits per heavy atom. The first kappa shape index (κ1) is 35.2. The summed E-state index contributed by atoms with van der Waals surface area (Å²) in [5, 5.41) is 52.4. The molecule has 43 heavy (non-hydrogen) atoms. The quantitative estimate of drug-likeness (QED) is 0.108. The molecule has 17 heteroatoms. The lowest BCUT2D eigenvalue weighted by Crippen LogP contribution is -2.67. The smallest absolute Gasteiger partial charge is 0.186 e. The lowest BCUT2D eigenvalue weighted by molar-refractivity contribution is -0.302. The molecule has 0 radical (unpaired) electrons. The van der Waals surface area contributed by atoms with Crippen LogP contribution in [-0.2, 0) is 28.4 Å². The highest BCUT2D eigenvalue weighted by Gasteiger charge is 2.52. The Balaban J connectivity index is 1.45. The van der Waals surface area contributed by atoms with Gasteiger partial charge < -0.3 is 88.4 Å². The molecule has 3 aliphatic heterocycles. The van der Waals surface area contributed by atoms with Gasteiger partial charge in [0.1, 0.15) is 48.8 Å². The average molecular weight is 625 g/mol. The number of aliphatic hydroxyl groups excluding tert-OH is 5. The van der Waals surface area contributed by atoms with Gasteiger partial charge in [-0.25, -0.2) is 0 Å². The van der Waals surface area contributed by atoms with Crippen LogP contribution in [0.2, 0.25) is 0 Å². The largest absolute Gasteiger partial charge is 0.389 e. The van der Waals surface area contributed by atoms with Crippen molar-refractivity contribution in [3.63, 3.8) is 0 Å². The van der Waals surface area contributed by atoms with Crippen molar-refractivity contribution < 1.29 is 54.0 Å². The summed E-state index contributed by atoms with van der Waals surface area (Å²) in [6, 6.07) is -3.03. The zero-order valence-electron chi connectivity index (χ0n) is 24.7. The average Bonchev–Trinajstić information content (AvgIpc) is 3.29. The van der Waals surface area contributed by atoms with Crippen LogP contribution in [0.4, 0.5) is 0 Å². The van der Waals surface area contributed by atoms with Crippen LogP contribution in [-0.4, -0.2) is 155 Å². The highest BCUT2D eigenvalue weighted by molar-refractivity contribution is 5.01. The van der Waals surface area contributed by atoms with Crippen LogP contribution in [0, 0.1) is 5.92 Å².